The van der Waals surface area contributed by atoms with E-state index in [0.717, 1.165) is 17.2 Å². The summed E-state index contributed by atoms with van der Waals surface area (Å²) >= 11 is 3.50. The lowest BCUT2D eigenvalue weighted by atomic mass is 10.0. The zero-order valence-electron chi connectivity index (χ0n) is 8.07. The molecular formula is C10H21Br. The first-order valence-electron chi connectivity index (χ1n) is 4.72. The molecule has 68 valence electrons. The second-order valence-electron chi connectivity index (χ2n) is 3.94. The van der Waals surface area contributed by atoms with E-state index in [1.807, 2.05) is 0 Å². The number of unbranched alkanes of at least 4 members (excludes halogenated alkanes) is 1. The highest BCUT2D eigenvalue weighted by molar-refractivity contribution is 9.09. The fraction of sp³-hybridized carbons (Fsp3) is 1.00. The lowest BCUT2D eigenvalue weighted by molar-refractivity contribution is 0.488. The van der Waals surface area contributed by atoms with Crippen molar-refractivity contribution in [2.24, 2.45) is 11.8 Å². The first-order valence-corrected chi connectivity index (χ1v) is 5.85. The number of halogens is 1. The van der Waals surface area contributed by atoms with Crippen LogP contribution in [0.25, 0.3) is 0 Å². The smallest absolute Gasteiger partial charge is 0.00570 e. The summed E-state index contributed by atoms with van der Waals surface area (Å²) in [5.74, 6) is 1.75. The fourth-order valence-corrected chi connectivity index (χ4v) is 1.45. The van der Waals surface area contributed by atoms with Crippen LogP contribution in [-0.4, -0.2) is 5.33 Å². The molecule has 0 spiro atoms. The second-order valence-corrected chi connectivity index (χ2v) is 4.59. The molecule has 11 heavy (non-hydrogen) atoms. The topological polar surface area (TPSA) is 0 Å². The van der Waals surface area contributed by atoms with Crippen LogP contribution >= 0.6 is 15.9 Å². The molecule has 1 unspecified atom stereocenters. The summed E-state index contributed by atoms with van der Waals surface area (Å²) < 4.78 is 0. The normalized spacial score (nSPS) is 13.9. The molecule has 0 aliphatic carbocycles. The quantitative estimate of drug-likeness (QED) is 0.465. The molecule has 1 atom stereocenters. The maximum Gasteiger partial charge on any atom is 0.00570 e. The Morgan fingerprint density at radius 1 is 1.00 bits per heavy atom. The van der Waals surface area contributed by atoms with Gasteiger partial charge >= 0.3 is 0 Å². The molecule has 0 aliphatic rings. The molecule has 0 aromatic carbocycles. The zero-order chi connectivity index (χ0) is 8.69. The van der Waals surface area contributed by atoms with Gasteiger partial charge in [-0.25, -0.2) is 0 Å². The van der Waals surface area contributed by atoms with E-state index < -0.39 is 0 Å². The van der Waals surface area contributed by atoms with Crippen molar-refractivity contribution in [1.29, 1.82) is 0 Å². The molecule has 0 aromatic rings. The zero-order valence-corrected chi connectivity index (χ0v) is 9.65. The van der Waals surface area contributed by atoms with Crippen molar-refractivity contribution in [2.45, 2.75) is 46.5 Å². The summed E-state index contributed by atoms with van der Waals surface area (Å²) in [6.45, 7) is 6.91. The molecule has 0 saturated heterocycles. The Balaban J connectivity index is 3.01. The van der Waals surface area contributed by atoms with Gasteiger partial charge < -0.3 is 0 Å². The van der Waals surface area contributed by atoms with Crippen LogP contribution in [0.4, 0.5) is 0 Å². The molecule has 1 heteroatoms. The van der Waals surface area contributed by atoms with Gasteiger partial charge in [0.1, 0.15) is 0 Å². The van der Waals surface area contributed by atoms with E-state index in [2.05, 4.69) is 36.7 Å². The standard InChI is InChI=1S/C10H21Br/c1-9(2)6-4-5-7-10(3)8-11/h9-10H,4-8H2,1-3H3. The third-order valence-corrected chi connectivity index (χ3v) is 3.10. The molecule has 0 nitrogen and oxygen atoms in total. The highest BCUT2D eigenvalue weighted by Gasteiger charge is 1.99. The van der Waals surface area contributed by atoms with Crippen molar-refractivity contribution in [3.05, 3.63) is 0 Å². The van der Waals surface area contributed by atoms with Crippen LogP contribution in [0.15, 0.2) is 0 Å². The Morgan fingerprint density at radius 2 is 1.55 bits per heavy atom. The summed E-state index contributed by atoms with van der Waals surface area (Å²) in [7, 11) is 0. The Labute approximate surface area is 79.9 Å². The maximum absolute atomic E-state index is 3.50. The third-order valence-electron chi connectivity index (χ3n) is 1.99. The molecule has 0 amide bonds. The molecule has 0 heterocycles. The van der Waals surface area contributed by atoms with Crippen molar-refractivity contribution in [2.75, 3.05) is 5.33 Å². The summed E-state index contributed by atoms with van der Waals surface area (Å²) in [4.78, 5) is 0. The largest absolute Gasteiger partial charge is 0.0925 e. The van der Waals surface area contributed by atoms with E-state index >= 15 is 0 Å². The maximum atomic E-state index is 3.50. The third kappa shape index (κ3) is 8.39. The summed E-state index contributed by atoms with van der Waals surface area (Å²) in [6.07, 6.45) is 5.60. The first-order chi connectivity index (χ1) is 5.16. The van der Waals surface area contributed by atoms with Crippen molar-refractivity contribution < 1.29 is 0 Å². The van der Waals surface area contributed by atoms with Crippen molar-refractivity contribution >= 4 is 15.9 Å². The van der Waals surface area contributed by atoms with E-state index in [4.69, 9.17) is 0 Å². The molecule has 0 aromatic heterocycles. The highest BCUT2D eigenvalue weighted by atomic mass is 79.9. The van der Waals surface area contributed by atoms with E-state index in [0.29, 0.717) is 0 Å². The lowest BCUT2D eigenvalue weighted by Crippen LogP contribution is -1.96. The number of rotatable bonds is 6. The van der Waals surface area contributed by atoms with Gasteiger partial charge in [0, 0.05) is 5.33 Å². The Hall–Kier alpha value is 0.480. The average Bonchev–Trinajstić information content (AvgIpc) is 1.97. The van der Waals surface area contributed by atoms with Gasteiger partial charge in [-0.05, 0) is 18.3 Å². The van der Waals surface area contributed by atoms with Gasteiger partial charge in [0.25, 0.3) is 0 Å². The van der Waals surface area contributed by atoms with Gasteiger partial charge in [0.05, 0.1) is 0 Å². The van der Waals surface area contributed by atoms with Crippen molar-refractivity contribution in [1.82, 2.24) is 0 Å². The van der Waals surface area contributed by atoms with Crippen LogP contribution in [0.1, 0.15) is 46.5 Å². The van der Waals surface area contributed by atoms with Crippen molar-refractivity contribution in [3.8, 4) is 0 Å². The average molecular weight is 221 g/mol. The minimum atomic E-state index is 0.863. The molecule has 0 radical (unpaired) electrons. The van der Waals surface area contributed by atoms with Gasteiger partial charge in [-0.3, -0.25) is 0 Å². The van der Waals surface area contributed by atoms with Crippen LogP contribution in [0, 0.1) is 11.8 Å². The predicted molar refractivity (Wildman–Crippen MR) is 56.3 cm³/mol. The number of hydrogen-bond acceptors (Lipinski definition) is 0. The molecule has 0 aliphatic heterocycles. The highest BCUT2D eigenvalue weighted by Crippen LogP contribution is 2.13. The van der Waals surface area contributed by atoms with Gasteiger partial charge in [0.15, 0.2) is 0 Å². The SMILES string of the molecule is CC(C)CCCCC(C)CBr. The Bertz CT molecular complexity index is 78.9. The summed E-state index contributed by atoms with van der Waals surface area (Å²) in [6, 6.07) is 0. The van der Waals surface area contributed by atoms with Gasteiger partial charge in [-0.1, -0.05) is 56.0 Å². The van der Waals surface area contributed by atoms with Crippen LogP contribution in [0.3, 0.4) is 0 Å². The van der Waals surface area contributed by atoms with Gasteiger partial charge in [-0.15, -0.1) is 0 Å². The van der Waals surface area contributed by atoms with Gasteiger partial charge in [-0.2, -0.15) is 0 Å². The van der Waals surface area contributed by atoms with E-state index in [1.54, 1.807) is 0 Å². The summed E-state index contributed by atoms with van der Waals surface area (Å²) in [5, 5.41) is 1.16. The van der Waals surface area contributed by atoms with Crippen LogP contribution in [-0.2, 0) is 0 Å². The minimum Gasteiger partial charge on any atom is -0.0925 e. The lowest BCUT2D eigenvalue weighted by Gasteiger charge is -2.07. The summed E-state index contributed by atoms with van der Waals surface area (Å²) in [5.41, 5.74) is 0. The predicted octanol–water partition coefficient (Wildman–Crippen LogP) is 4.23. The number of hydrogen-bond donors (Lipinski definition) is 0. The van der Waals surface area contributed by atoms with E-state index in [-0.39, 0.29) is 0 Å². The molecule has 0 N–H and O–H groups in total. The fourth-order valence-electron chi connectivity index (χ4n) is 1.12. The van der Waals surface area contributed by atoms with E-state index in [9.17, 15) is 0 Å². The molecule has 0 fully saturated rings. The Morgan fingerprint density at radius 3 is 2.00 bits per heavy atom. The molecule has 0 rings (SSSR count). The van der Waals surface area contributed by atoms with E-state index in [1.165, 1.54) is 25.7 Å². The Kier molecular flexibility index (Phi) is 7.46. The monoisotopic (exact) mass is 220 g/mol. The van der Waals surface area contributed by atoms with Crippen molar-refractivity contribution in [3.63, 3.8) is 0 Å². The van der Waals surface area contributed by atoms with Crippen LogP contribution < -0.4 is 0 Å². The number of alkyl halides is 1. The van der Waals surface area contributed by atoms with Crippen LogP contribution in [0.5, 0.6) is 0 Å². The molecular weight excluding hydrogens is 200 g/mol. The molecule has 0 saturated carbocycles. The van der Waals surface area contributed by atoms with Crippen LogP contribution in [0.2, 0.25) is 0 Å². The second kappa shape index (κ2) is 7.15. The molecule has 0 bridgehead atoms. The van der Waals surface area contributed by atoms with Gasteiger partial charge in [0.2, 0.25) is 0 Å². The minimum absolute atomic E-state index is 0.863. The first kappa shape index (κ1) is 11.5.